The normalized spacial score (nSPS) is 10.4. The Kier molecular flexibility index (Phi) is 3.62. The second-order valence-corrected chi connectivity index (χ2v) is 4.81. The Morgan fingerprint density at radius 3 is 2.27 bits per heavy atom. The molecule has 3 rings (SSSR count). The van der Waals surface area contributed by atoms with Crippen LogP contribution in [0.4, 0.5) is 0 Å². The zero-order valence-corrected chi connectivity index (χ0v) is 11.9. The van der Waals surface area contributed by atoms with E-state index in [0.29, 0.717) is 22.8 Å². The van der Waals surface area contributed by atoms with E-state index < -0.39 is 5.97 Å². The summed E-state index contributed by atoms with van der Waals surface area (Å²) in [5.74, 6) is -1.01. The summed E-state index contributed by atoms with van der Waals surface area (Å²) in [7, 11) is 0. The molecule has 108 valence electrons. The summed E-state index contributed by atoms with van der Waals surface area (Å²) in [5, 5.41) is 9.31. The summed E-state index contributed by atoms with van der Waals surface area (Å²) < 4.78 is 0. The molecule has 0 bridgehead atoms. The van der Waals surface area contributed by atoms with Gasteiger partial charge in [-0.15, -0.1) is 0 Å². The number of aromatic nitrogens is 3. The number of pyridine rings is 3. The summed E-state index contributed by atoms with van der Waals surface area (Å²) in [6.45, 7) is 1.88. The van der Waals surface area contributed by atoms with Crippen molar-refractivity contribution in [1.82, 2.24) is 15.0 Å². The number of aryl methyl sites for hydroxylation is 1. The molecule has 3 aromatic rings. The molecule has 1 N–H and O–H groups in total. The fourth-order valence-corrected chi connectivity index (χ4v) is 2.12. The molecule has 0 aliphatic heterocycles. The molecule has 0 atom stereocenters. The highest BCUT2D eigenvalue weighted by molar-refractivity contribution is 5.90. The predicted octanol–water partition coefficient (Wildman–Crippen LogP) is 3.21. The number of aromatic carboxylic acids is 1. The second kappa shape index (κ2) is 5.73. The third-order valence-corrected chi connectivity index (χ3v) is 3.15. The van der Waals surface area contributed by atoms with Gasteiger partial charge in [-0.05, 0) is 43.3 Å². The first kappa shape index (κ1) is 13.9. The summed E-state index contributed by atoms with van der Waals surface area (Å²) in [6.07, 6.45) is 1.65. The molecule has 0 unspecified atom stereocenters. The highest BCUT2D eigenvalue weighted by Gasteiger charge is 2.12. The van der Waals surface area contributed by atoms with Crippen LogP contribution in [0.15, 0.2) is 54.7 Å². The van der Waals surface area contributed by atoms with E-state index >= 15 is 0 Å². The van der Waals surface area contributed by atoms with E-state index in [4.69, 9.17) is 0 Å². The van der Waals surface area contributed by atoms with Gasteiger partial charge < -0.3 is 5.11 Å². The van der Waals surface area contributed by atoms with Gasteiger partial charge in [0.1, 0.15) is 0 Å². The van der Waals surface area contributed by atoms with Gasteiger partial charge in [0.05, 0.1) is 28.3 Å². The van der Waals surface area contributed by atoms with Crippen molar-refractivity contribution in [1.29, 1.82) is 0 Å². The maximum atomic E-state index is 11.4. The highest BCUT2D eigenvalue weighted by atomic mass is 16.4. The molecule has 0 aliphatic carbocycles. The first-order valence-corrected chi connectivity index (χ1v) is 6.74. The van der Waals surface area contributed by atoms with E-state index in [9.17, 15) is 9.90 Å². The number of rotatable bonds is 3. The van der Waals surface area contributed by atoms with Crippen molar-refractivity contribution < 1.29 is 9.90 Å². The fraction of sp³-hybridized carbons (Fsp3) is 0.0588. The van der Waals surface area contributed by atoms with Gasteiger partial charge in [-0.2, -0.15) is 0 Å². The van der Waals surface area contributed by atoms with Crippen LogP contribution in [0.1, 0.15) is 16.1 Å². The summed E-state index contributed by atoms with van der Waals surface area (Å²) in [4.78, 5) is 24.5. The lowest BCUT2D eigenvalue weighted by molar-refractivity contribution is 0.0697. The summed E-state index contributed by atoms with van der Waals surface area (Å²) in [5.41, 5.74) is 3.30. The lowest BCUT2D eigenvalue weighted by Crippen LogP contribution is -2.01. The third-order valence-electron chi connectivity index (χ3n) is 3.15. The van der Waals surface area contributed by atoms with Gasteiger partial charge in [0.2, 0.25) is 0 Å². The lowest BCUT2D eigenvalue weighted by Gasteiger charge is -2.07. The molecule has 0 aliphatic rings. The van der Waals surface area contributed by atoms with Crippen LogP contribution < -0.4 is 0 Å². The SMILES string of the molecule is Cc1cccc(-c2cc(C(=O)O)cc(-c3ccccn3)n2)n1. The largest absolute Gasteiger partial charge is 0.478 e. The Balaban J connectivity index is 2.19. The van der Waals surface area contributed by atoms with Gasteiger partial charge in [-0.3, -0.25) is 9.97 Å². The highest BCUT2D eigenvalue weighted by Crippen LogP contribution is 2.22. The minimum absolute atomic E-state index is 0.161. The Morgan fingerprint density at radius 2 is 1.64 bits per heavy atom. The van der Waals surface area contributed by atoms with Crippen molar-refractivity contribution in [3.05, 3.63) is 66.0 Å². The van der Waals surface area contributed by atoms with Gasteiger partial charge >= 0.3 is 5.97 Å². The maximum absolute atomic E-state index is 11.4. The van der Waals surface area contributed by atoms with Crippen molar-refractivity contribution in [2.24, 2.45) is 0 Å². The standard InChI is InChI=1S/C17H13N3O2/c1-11-5-4-7-14(19-11)16-10-12(17(21)22)9-15(20-16)13-6-2-3-8-18-13/h2-10H,1H3,(H,21,22). The lowest BCUT2D eigenvalue weighted by atomic mass is 10.1. The Bertz CT molecular complexity index is 832. The molecule has 0 spiro atoms. The van der Waals surface area contributed by atoms with Gasteiger partial charge in [-0.25, -0.2) is 9.78 Å². The van der Waals surface area contributed by atoms with Crippen LogP contribution in [0, 0.1) is 6.92 Å². The van der Waals surface area contributed by atoms with Crippen molar-refractivity contribution in [3.63, 3.8) is 0 Å². The molecule has 5 nitrogen and oxygen atoms in total. The Labute approximate surface area is 127 Å². The Hall–Kier alpha value is -3.08. The molecular formula is C17H13N3O2. The Morgan fingerprint density at radius 1 is 0.909 bits per heavy atom. The molecule has 5 heteroatoms. The molecule has 22 heavy (non-hydrogen) atoms. The molecule has 0 saturated heterocycles. The predicted molar refractivity (Wildman–Crippen MR) is 82.4 cm³/mol. The molecule has 0 radical (unpaired) electrons. The van der Waals surface area contributed by atoms with Gasteiger partial charge in [0, 0.05) is 11.9 Å². The van der Waals surface area contributed by atoms with E-state index in [0.717, 1.165) is 5.69 Å². The molecule has 0 amide bonds. The quantitative estimate of drug-likeness (QED) is 0.801. The number of carboxylic acids is 1. The number of hydrogen-bond acceptors (Lipinski definition) is 4. The second-order valence-electron chi connectivity index (χ2n) is 4.81. The zero-order valence-electron chi connectivity index (χ0n) is 11.9. The molecule has 3 aromatic heterocycles. The minimum Gasteiger partial charge on any atom is -0.478 e. The van der Waals surface area contributed by atoms with Crippen LogP contribution in [-0.2, 0) is 0 Å². The minimum atomic E-state index is -1.01. The average Bonchev–Trinajstić information content (AvgIpc) is 2.55. The summed E-state index contributed by atoms with van der Waals surface area (Å²) >= 11 is 0. The van der Waals surface area contributed by atoms with E-state index in [2.05, 4.69) is 15.0 Å². The van der Waals surface area contributed by atoms with Crippen LogP contribution in [0.25, 0.3) is 22.8 Å². The number of carbonyl (C=O) groups is 1. The number of carboxylic acid groups (broad SMARTS) is 1. The van der Waals surface area contributed by atoms with E-state index in [1.165, 1.54) is 12.1 Å². The van der Waals surface area contributed by atoms with Crippen LogP contribution in [0.3, 0.4) is 0 Å². The first-order valence-electron chi connectivity index (χ1n) is 6.74. The van der Waals surface area contributed by atoms with Crippen molar-refractivity contribution in [3.8, 4) is 22.8 Å². The van der Waals surface area contributed by atoms with Crippen molar-refractivity contribution in [2.75, 3.05) is 0 Å². The van der Waals surface area contributed by atoms with E-state index in [-0.39, 0.29) is 5.56 Å². The average molecular weight is 291 g/mol. The smallest absolute Gasteiger partial charge is 0.335 e. The fourth-order valence-electron chi connectivity index (χ4n) is 2.12. The van der Waals surface area contributed by atoms with Crippen LogP contribution >= 0.6 is 0 Å². The monoisotopic (exact) mass is 291 g/mol. The maximum Gasteiger partial charge on any atom is 0.335 e. The molecular weight excluding hydrogens is 278 g/mol. The topological polar surface area (TPSA) is 76.0 Å². The third kappa shape index (κ3) is 2.83. The molecule has 0 aromatic carbocycles. The first-order chi connectivity index (χ1) is 10.6. The molecule has 0 saturated carbocycles. The van der Waals surface area contributed by atoms with Crippen LogP contribution in [0.5, 0.6) is 0 Å². The van der Waals surface area contributed by atoms with E-state index in [1.807, 2.05) is 31.2 Å². The number of nitrogens with zero attached hydrogens (tertiary/aromatic N) is 3. The van der Waals surface area contributed by atoms with Gasteiger partial charge in [-0.1, -0.05) is 12.1 Å². The van der Waals surface area contributed by atoms with Crippen LogP contribution in [-0.4, -0.2) is 26.0 Å². The summed E-state index contributed by atoms with van der Waals surface area (Å²) in [6, 6.07) is 14.0. The van der Waals surface area contributed by atoms with Crippen molar-refractivity contribution in [2.45, 2.75) is 6.92 Å². The molecule has 3 heterocycles. The van der Waals surface area contributed by atoms with Crippen LogP contribution in [0.2, 0.25) is 0 Å². The van der Waals surface area contributed by atoms with Gasteiger partial charge in [0.15, 0.2) is 0 Å². The van der Waals surface area contributed by atoms with E-state index in [1.54, 1.807) is 18.3 Å². The van der Waals surface area contributed by atoms with Crippen molar-refractivity contribution >= 4 is 5.97 Å². The number of hydrogen-bond donors (Lipinski definition) is 1. The molecule has 0 fully saturated rings. The van der Waals surface area contributed by atoms with Gasteiger partial charge in [0.25, 0.3) is 0 Å². The zero-order chi connectivity index (χ0) is 15.5.